The number of anilines is 6. The Bertz CT molecular complexity index is 3030. The van der Waals surface area contributed by atoms with E-state index in [-0.39, 0.29) is 47.5 Å². The summed E-state index contributed by atoms with van der Waals surface area (Å²) in [5.74, 6) is 3.26. The molecule has 0 aliphatic carbocycles. The number of aromatic hydroxyl groups is 2. The minimum atomic E-state index is -0.403. The van der Waals surface area contributed by atoms with Gasteiger partial charge in [-0.15, -0.1) is 12.4 Å². The number of carbonyl (C=O) groups is 2. The lowest BCUT2D eigenvalue weighted by Crippen LogP contribution is -2.47. The van der Waals surface area contributed by atoms with Gasteiger partial charge >= 0.3 is 5.69 Å². The predicted octanol–water partition coefficient (Wildman–Crippen LogP) is 8.88. The van der Waals surface area contributed by atoms with Gasteiger partial charge in [0.05, 0.1) is 41.0 Å². The number of piperidine rings is 3. The molecule has 4 aromatic carbocycles. The van der Waals surface area contributed by atoms with E-state index >= 15 is 0 Å². The third-order valence-electron chi connectivity index (χ3n) is 15.5. The number of likely N-dealkylation sites (tertiary alicyclic amines) is 2. The molecule has 2 amide bonds. The number of para-hydroxylation sites is 1. The van der Waals surface area contributed by atoms with Gasteiger partial charge in [0.2, 0.25) is 11.9 Å². The van der Waals surface area contributed by atoms with E-state index in [4.69, 9.17) is 9.72 Å². The largest absolute Gasteiger partial charge is 0.508 e. The number of ether oxygens (including phenoxy) is 1. The van der Waals surface area contributed by atoms with Crippen LogP contribution in [-0.2, 0) is 11.2 Å². The second kappa shape index (κ2) is 22.2. The first kappa shape index (κ1) is 51.8. The van der Waals surface area contributed by atoms with Crippen LogP contribution in [0.4, 0.5) is 34.5 Å². The molecule has 18 heteroatoms. The summed E-state index contributed by atoms with van der Waals surface area (Å²) >= 11 is 0. The molecule has 4 aliphatic heterocycles. The van der Waals surface area contributed by atoms with Crippen LogP contribution in [-0.4, -0.2) is 123 Å². The van der Waals surface area contributed by atoms with Crippen LogP contribution in [0.5, 0.6) is 17.2 Å². The fourth-order valence-corrected chi connectivity index (χ4v) is 11.3. The number of aromatic nitrogens is 5. The highest BCUT2D eigenvalue weighted by Gasteiger charge is 2.33. The summed E-state index contributed by atoms with van der Waals surface area (Å²) < 4.78 is 7.60. The average Bonchev–Trinajstić information content (AvgIpc) is 3.76. The number of benzene rings is 4. The van der Waals surface area contributed by atoms with Gasteiger partial charge in [0, 0.05) is 70.6 Å². The molecule has 6 heterocycles. The van der Waals surface area contributed by atoms with E-state index in [1.54, 1.807) is 24.2 Å². The quantitative estimate of drug-likeness (QED) is 0.0860. The normalized spacial score (nSPS) is 17.0. The van der Waals surface area contributed by atoms with Crippen molar-refractivity contribution in [2.75, 3.05) is 86.5 Å². The Morgan fingerprint density at radius 1 is 0.797 bits per heavy atom. The molecule has 390 valence electrons. The maximum atomic E-state index is 13.9. The van der Waals surface area contributed by atoms with E-state index < -0.39 is 5.69 Å². The van der Waals surface area contributed by atoms with Crippen molar-refractivity contribution in [3.63, 3.8) is 0 Å². The molecule has 0 bridgehead atoms. The number of rotatable bonds is 13. The number of carbonyl (C=O) groups excluding carboxylic acids is 2. The molecule has 0 saturated carbocycles. The standard InChI is InChI=1S/C56H67N11O6.ClH/c1-6-73-50-30-41(15-16-45(50)58-55-57-33-47-52(59-55)62(4)46-10-8-7-9-42(46)54(71)63(47)5)65-27-21-39(22-28-65)53(70)66-25-19-38(20-26-66)34-64-23-17-37(18-24-64)29-36-11-13-40(14-12-36)67-51(60-61-56(67)72)44-31-43(35(2)3)48(68)32-49(44)69;/h7-16,30-33,35,37-39,68-69H,6,17-29,34H2,1-5H3,(H,61,72)(H,57,58,59);1H. The molecular weight excluding hydrogens is 958 g/mol. The molecule has 6 aromatic rings. The molecular formula is C56H68ClN11O6. The van der Waals surface area contributed by atoms with E-state index in [1.165, 1.54) is 16.2 Å². The Morgan fingerprint density at radius 2 is 1.50 bits per heavy atom. The van der Waals surface area contributed by atoms with Gasteiger partial charge in [-0.25, -0.2) is 19.4 Å². The number of amides is 2. The highest BCUT2D eigenvalue weighted by Crippen LogP contribution is 2.41. The molecule has 74 heavy (non-hydrogen) atoms. The maximum absolute atomic E-state index is 13.9. The molecule has 17 nitrogen and oxygen atoms in total. The van der Waals surface area contributed by atoms with E-state index in [1.807, 2.05) is 75.2 Å². The van der Waals surface area contributed by atoms with E-state index in [0.29, 0.717) is 69.9 Å². The number of H-pyrrole nitrogens is 1. The van der Waals surface area contributed by atoms with Gasteiger partial charge in [-0.1, -0.05) is 38.1 Å². The monoisotopic (exact) mass is 1030 g/mol. The second-order valence-electron chi connectivity index (χ2n) is 20.5. The number of hydrogen-bond donors (Lipinski definition) is 4. The summed E-state index contributed by atoms with van der Waals surface area (Å²) in [6.45, 7) is 12.8. The average molecular weight is 1030 g/mol. The van der Waals surface area contributed by atoms with Crippen molar-refractivity contribution in [2.45, 2.75) is 71.6 Å². The molecule has 4 N–H and O–H groups in total. The van der Waals surface area contributed by atoms with Gasteiger partial charge in [0.1, 0.15) is 22.9 Å². The van der Waals surface area contributed by atoms with Crippen molar-refractivity contribution >= 4 is 58.7 Å². The first-order valence-corrected chi connectivity index (χ1v) is 25.9. The van der Waals surface area contributed by atoms with Gasteiger partial charge in [0.25, 0.3) is 5.91 Å². The number of aromatic amines is 1. The number of phenolic OH excluding ortho intramolecular Hbond substituents is 2. The number of phenols is 2. The lowest BCUT2D eigenvalue weighted by atomic mass is 9.88. The zero-order chi connectivity index (χ0) is 50.9. The molecule has 0 atom stereocenters. The Labute approximate surface area is 438 Å². The summed E-state index contributed by atoms with van der Waals surface area (Å²) in [6, 6.07) is 24.7. The fourth-order valence-electron chi connectivity index (χ4n) is 11.3. The molecule has 0 unspecified atom stereocenters. The third kappa shape index (κ3) is 10.6. The van der Waals surface area contributed by atoms with Crippen LogP contribution in [0.1, 0.15) is 86.7 Å². The Morgan fingerprint density at radius 3 is 2.22 bits per heavy atom. The Balaban J connectivity index is 0.00000672. The number of fused-ring (bicyclic) bond motifs is 2. The fraction of sp³-hybridized carbons (Fsp3) is 0.429. The molecule has 10 rings (SSSR count). The third-order valence-corrected chi connectivity index (χ3v) is 15.5. The molecule has 3 saturated heterocycles. The second-order valence-corrected chi connectivity index (χ2v) is 20.5. The summed E-state index contributed by atoms with van der Waals surface area (Å²) in [7, 11) is 3.65. The SMILES string of the molecule is CCOc1cc(N2CCC(C(=O)N3CCC(CN4CCC(Cc5ccc(-n6c(-c7cc(C(C)C)c(O)cc7O)n[nH]c6=O)cc5)CC4)CC3)CC2)ccc1Nc1ncc2c(n1)N(C)c1ccccc1C(=O)N2C.Cl. The van der Waals surface area contributed by atoms with Crippen LogP contribution in [0.15, 0.2) is 89.9 Å². The van der Waals surface area contributed by atoms with Crippen LogP contribution >= 0.6 is 12.4 Å². The van der Waals surface area contributed by atoms with Gasteiger partial charge in [-0.2, -0.15) is 10.1 Å². The number of hydrogen-bond acceptors (Lipinski definition) is 13. The molecule has 0 spiro atoms. The van der Waals surface area contributed by atoms with Gasteiger partial charge in [0.15, 0.2) is 11.6 Å². The van der Waals surface area contributed by atoms with Gasteiger partial charge in [-0.3, -0.25) is 9.59 Å². The smallest absolute Gasteiger partial charge is 0.348 e. The Hall–Kier alpha value is -7.11. The topological polar surface area (TPSA) is 189 Å². The zero-order valence-corrected chi connectivity index (χ0v) is 43.8. The lowest BCUT2D eigenvalue weighted by Gasteiger charge is -2.40. The van der Waals surface area contributed by atoms with E-state index in [2.05, 4.69) is 59.5 Å². The highest BCUT2D eigenvalue weighted by atomic mass is 35.5. The molecule has 2 aromatic heterocycles. The van der Waals surface area contributed by atoms with Crippen molar-refractivity contribution in [1.82, 2.24) is 34.5 Å². The van der Waals surface area contributed by atoms with Crippen LogP contribution in [0.25, 0.3) is 17.1 Å². The van der Waals surface area contributed by atoms with Crippen LogP contribution in [0.3, 0.4) is 0 Å². The highest BCUT2D eigenvalue weighted by molar-refractivity contribution is 6.13. The summed E-state index contributed by atoms with van der Waals surface area (Å²) in [5.41, 5.74) is 6.29. The van der Waals surface area contributed by atoms with Crippen molar-refractivity contribution in [2.24, 2.45) is 17.8 Å². The number of halogens is 1. The predicted molar refractivity (Wildman–Crippen MR) is 292 cm³/mol. The first-order chi connectivity index (χ1) is 35.3. The van der Waals surface area contributed by atoms with Gasteiger partial charge < -0.3 is 44.8 Å². The molecule has 4 aliphatic rings. The summed E-state index contributed by atoms with van der Waals surface area (Å²) in [4.78, 5) is 60.2. The van der Waals surface area contributed by atoms with Crippen LogP contribution in [0, 0.1) is 17.8 Å². The molecule has 3 fully saturated rings. The first-order valence-electron chi connectivity index (χ1n) is 25.9. The minimum absolute atomic E-state index is 0. The van der Waals surface area contributed by atoms with Crippen molar-refractivity contribution in [3.8, 4) is 34.3 Å². The van der Waals surface area contributed by atoms with E-state index in [9.17, 15) is 24.6 Å². The molecule has 0 radical (unpaired) electrons. The van der Waals surface area contributed by atoms with Crippen molar-refractivity contribution in [3.05, 3.63) is 112 Å². The zero-order valence-electron chi connectivity index (χ0n) is 43.0. The Kier molecular flexibility index (Phi) is 15.5. The maximum Gasteiger partial charge on any atom is 0.348 e. The minimum Gasteiger partial charge on any atom is -0.508 e. The lowest BCUT2D eigenvalue weighted by molar-refractivity contribution is -0.137. The van der Waals surface area contributed by atoms with Crippen molar-refractivity contribution in [1.29, 1.82) is 0 Å². The van der Waals surface area contributed by atoms with Gasteiger partial charge in [-0.05, 0) is 136 Å². The van der Waals surface area contributed by atoms with Crippen molar-refractivity contribution < 1.29 is 24.5 Å². The van der Waals surface area contributed by atoms with Crippen LogP contribution < -0.4 is 30.4 Å². The van der Waals surface area contributed by atoms with E-state index in [0.717, 1.165) is 108 Å². The number of nitrogens with one attached hydrogen (secondary N) is 2. The number of nitrogens with zero attached hydrogens (tertiary/aromatic N) is 9. The van der Waals surface area contributed by atoms with Crippen LogP contribution in [0.2, 0.25) is 0 Å². The summed E-state index contributed by atoms with van der Waals surface area (Å²) in [6.07, 6.45) is 8.64. The summed E-state index contributed by atoms with van der Waals surface area (Å²) in [5, 5.41) is 31.2.